The summed E-state index contributed by atoms with van der Waals surface area (Å²) in [5, 5.41) is 11.5. The Morgan fingerprint density at radius 3 is 2.75 bits per heavy atom. The molecule has 0 saturated carbocycles. The summed E-state index contributed by atoms with van der Waals surface area (Å²) in [7, 11) is 1.77. The quantitative estimate of drug-likeness (QED) is 0.292. The van der Waals surface area contributed by atoms with E-state index in [0.717, 1.165) is 31.8 Å². The lowest BCUT2D eigenvalue weighted by Crippen LogP contribution is -2.27. The monoisotopic (exact) mass is 501 g/mol. The molecule has 0 aliphatic heterocycles. The number of nitrogens with two attached hydrogens (primary N) is 1. The summed E-state index contributed by atoms with van der Waals surface area (Å²) >= 11 is 1.64. The predicted molar refractivity (Wildman–Crippen MR) is 140 cm³/mol. The third-order valence-electron chi connectivity index (χ3n) is 5.83. The van der Waals surface area contributed by atoms with E-state index in [-0.39, 0.29) is 17.8 Å². The average molecular weight is 502 g/mol. The number of aryl methyl sites for hydroxylation is 1. The van der Waals surface area contributed by atoms with Crippen LogP contribution in [-0.2, 0) is 13.6 Å². The number of anilines is 2. The van der Waals surface area contributed by atoms with E-state index in [4.69, 9.17) is 5.73 Å². The maximum absolute atomic E-state index is 13.2. The molecule has 3 aromatic heterocycles. The molecule has 0 saturated heterocycles. The molecule has 0 unspecified atom stereocenters. The van der Waals surface area contributed by atoms with E-state index >= 15 is 0 Å². The Morgan fingerprint density at radius 1 is 1.14 bits per heavy atom. The molecule has 1 atom stereocenters. The molecule has 2 aromatic carbocycles. The number of carbonyl (C=O) groups is 1. The lowest BCUT2D eigenvalue weighted by atomic mass is 10.1. The third-order valence-corrected chi connectivity index (χ3v) is 6.97. The first-order chi connectivity index (χ1) is 17.4. The zero-order chi connectivity index (χ0) is 25.2. The summed E-state index contributed by atoms with van der Waals surface area (Å²) in [5.41, 5.74) is 9.11. The lowest BCUT2D eigenvalue weighted by Gasteiger charge is -2.14. The van der Waals surface area contributed by atoms with E-state index in [1.807, 2.05) is 31.2 Å². The fourth-order valence-corrected chi connectivity index (χ4v) is 4.87. The second kappa shape index (κ2) is 9.74. The van der Waals surface area contributed by atoms with Gasteiger partial charge in [0.15, 0.2) is 5.82 Å². The molecule has 0 radical (unpaired) electrons. The number of hydrogen-bond acceptors (Lipinski definition) is 7. The van der Waals surface area contributed by atoms with Crippen LogP contribution in [0.25, 0.3) is 21.3 Å². The number of carbonyl (C=O) groups excluding carboxylic acids is 1. The zero-order valence-electron chi connectivity index (χ0n) is 19.7. The van der Waals surface area contributed by atoms with Crippen LogP contribution in [0.1, 0.15) is 33.8 Å². The van der Waals surface area contributed by atoms with Crippen molar-refractivity contribution in [3.05, 3.63) is 88.9 Å². The van der Waals surface area contributed by atoms with Gasteiger partial charge in [-0.1, -0.05) is 18.2 Å². The highest BCUT2D eigenvalue weighted by atomic mass is 32.1. The standard InChI is InChI=1S/C26H24FN7OS/c1-15(16-3-6-18(27)7-4-16)32-26(35)21-13-34(2)33-25(21)29-12-19-8-10-23(36-19)17-5-9-22-20(11-17)24(28)31-14-30-22/h3-11,13-15H,12H2,1-2H3,(H,29,33)(H,32,35)(H2,28,30,31)/t15-/m0/s1. The number of amides is 1. The second-order valence-corrected chi connectivity index (χ2v) is 9.59. The fraction of sp³-hybridized carbons (Fsp3) is 0.154. The molecule has 5 aromatic rings. The van der Waals surface area contributed by atoms with Crippen LogP contribution in [0.15, 0.2) is 67.1 Å². The summed E-state index contributed by atoms with van der Waals surface area (Å²) in [5.74, 6) is 0.374. The van der Waals surface area contributed by atoms with Crippen LogP contribution >= 0.6 is 11.3 Å². The second-order valence-electron chi connectivity index (χ2n) is 8.42. The SMILES string of the molecule is C[C@H](NC(=O)c1cn(C)nc1NCc1ccc(-c2ccc3ncnc(N)c3c2)s1)c1ccc(F)cc1. The van der Waals surface area contributed by atoms with Crippen LogP contribution in [0.2, 0.25) is 0 Å². The minimum Gasteiger partial charge on any atom is -0.383 e. The van der Waals surface area contributed by atoms with Crippen molar-refractivity contribution in [3.63, 3.8) is 0 Å². The third kappa shape index (κ3) is 4.89. The van der Waals surface area contributed by atoms with Gasteiger partial charge in [0.05, 0.1) is 18.1 Å². The van der Waals surface area contributed by atoms with E-state index < -0.39 is 0 Å². The number of benzene rings is 2. The molecule has 0 aliphatic carbocycles. The maximum Gasteiger partial charge on any atom is 0.257 e. The first-order valence-electron chi connectivity index (χ1n) is 11.3. The Morgan fingerprint density at radius 2 is 1.94 bits per heavy atom. The van der Waals surface area contributed by atoms with E-state index in [1.54, 1.807) is 41.4 Å². The number of fused-ring (bicyclic) bond motifs is 1. The van der Waals surface area contributed by atoms with Crippen molar-refractivity contribution in [2.75, 3.05) is 11.1 Å². The molecule has 0 spiro atoms. The van der Waals surface area contributed by atoms with Crippen molar-refractivity contribution in [1.29, 1.82) is 0 Å². The van der Waals surface area contributed by atoms with Crippen molar-refractivity contribution in [3.8, 4) is 10.4 Å². The topological polar surface area (TPSA) is 111 Å². The number of halogens is 1. The molecule has 0 fully saturated rings. The molecule has 4 N–H and O–H groups in total. The van der Waals surface area contributed by atoms with E-state index in [0.29, 0.717) is 23.7 Å². The summed E-state index contributed by atoms with van der Waals surface area (Å²) < 4.78 is 14.8. The Balaban J connectivity index is 1.28. The van der Waals surface area contributed by atoms with Crippen molar-refractivity contribution in [1.82, 2.24) is 25.1 Å². The van der Waals surface area contributed by atoms with E-state index in [9.17, 15) is 9.18 Å². The average Bonchev–Trinajstić information content (AvgIpc) is 3.49. The number of nitrogens with one attached hydrogen (secondary N) is 2. The number of nitrogens with zero attached hydrogens (tertiary/aromatic N) is 4. The summed E-state index contributed by atoms with van der Waals surface area (Å²) in [6.45, 7) is 2.36. The number of nitrogen functional groups attached to an aromatic ring is 1. The largest absolute Gasteiger partial charge is 0.383 e. The van der Waals surface area contributed by atoms with E-state index in [2.05, 4.69) is 31.8 Å². The van der Waals surface area contributed by atoms with Gasteiger partial charge in [0.2, 0.25) is 0 Å². The maximum atomic E-state index is 13.2. The van der Waals surface area contributed by atoms with Gasteiger partial charge in [0.25, 0.3) is 5.91 Å². The van der Waals surface area contributed by atoms with Gasteiger partial charge in [-0.15, -0.1) is 11.3 Å². The molecular formula is C26H24FN7OS. The lowest BCUT2D eigenvalue weighted by molar-refractivity contribution is 0.0940. The van der Waals surface area contributed by atoms with Crippen LogP contribution < -0.4 is 16.4 Å². The fourth-order valence-electron chi connectivity index (χ4n) is 3.92. The molecule has 36 heavy (non-hydrogen) atoms. The van der Waals surface area contributed by atoms with Gasteiger partial charge in [-0.2, -0.15) is 5.10 Å². The Bertz CT molecular complexity index is 1540. The van der Waals surface area contributed by atoms with Gasteiger partial charge < -0.3 is 16.4 Å². The number of aromatic nitrogens is 4. The highest BCUT2D eigenvalue weighted by Crippen LogP contribution is 2.31. The highest BCUT2D eigenvalue weighted by Gasteiger charge is 2.18. The summed E-state index contributed by atoms with van der Waals surface area (Å²) in [6, 6.07) is 15.8. The number of hydrogen-bond donors (Lipinski definition) is 3. The molecule has 0 bridgehead atoms. The van der Waals surface area contributed by atoms with Gasteiger partial charge >= 0.3 is 0 Å². The molecule has 10 heteroatoms. The number of thiophene rings is 1. The Kier molecular flexibility index (Phi) is 6.34. The molecule has 1 amide bonds. The molecular weight excluding hydrogens is 477 g/mol. The zero-order valence-corrected chi connectivity index (χ0v) is 20.5. The summed E-state index contributed by atoms with van der Waals surface area (Å²) in [4.78, 5) is 23.5. The van der Waals surface area contributed by atoms with Gasteiger partial charge in [0.1, 0.15) is 23.5 Å². The van der Waals surface area contributed by atoms with Gasteiger partial charge in [-0.05, 0) is 54.4 Å². The predicted octanol–water partition coefficient (Wildman–Crippen LogP) is 4.92. The normalized spacial score (nSPS) is 12.0. The smallest absolute Gasteiger partial charge is 0.257 e. The van der Waals surface area contributed by atoms with Crippen molar-refractivity contribution in [2.45, 2.75) is 19.5 Å². The minimum absolute atomic E-state index is 0.259. The van der Waals surface area contributed by atoms with E-state index in [1.165, 1.54) is 18.5 Å². The van der Waals surface area contributed by atoms with Gasteiger partial charge in [-0.25, -0.2) is 14.4 Å². The molecule has 182 valence electrons. The first kappa shape index (κ1) is 23.4. The Hall–Kier alpha value is -4.31. The van der Waals surface area contributed by atoms with Gasteiger partial charge in [0, 0.05) is 28.4 Å². The minimum atomic E-state index is -0.313. The van der Waals surface area contributed by atoms with Crippen molar-refractivity contribution in [2.24, 2.45) is 7.05 Å². The summed E-state index contributed by atoms with van der Waals surface area (Å²) in [6.07, 6.45) is 3.14. The van der Waals surface area contributed by atoms with Crippen LogP contribution in [0.4, 0.5) is 16.0 Å². The Labute approximate surface area is 211 Å². The van der Waals surface area contributed by atoms with Crippen LogP contribution in [-0.4, -0.2) is 25.7 Å². The highest BCUT2D eigenvalue weighted by molar-refractivity contribution is 7.15. The van der Waals surface area contributed by atoms with Crippen molar-refractivity contribution >= 4 is 39.8 Å². The molecule has 5 rings (SSSR count). The first-order valence-corrected chi connectivity index (χ1v) is 12.1. The number of rotatable bonds is 7. The molecule has 3 heterocycles. The molecule has 0 aliphatic rings. The van der Waals surface area contributed by atoms with Crippen molar-refractivity contribution < 1.29 is 9.18 Å². The van der Waals surface area contributed by atoms with Crippen LogP contribution in [0.5, 0.6) is 0 Å². The van der Waals surface area contributed by atoms with Crippen LogP contribution in [0.3, 0.4) is 0 Å². The van der Waals surface area contributed by atoms with Gasteiger partial charge in [-0.3, -0.25) is 9.48 Å². The van der Waals surface area contributed by atoms with Crippen LogP contribution in [0, 0.1) is 5.82 Å². The molecule has 8 nitrogen and oxygen atoms in total.